The molecule has 3 heteroatoms. The van der Waals surface area contributed by atoms with Crippen LogP contribution in [0.3, 0.4) is 0 Å². The van der Waals surface area contributed by atoms with Gasteiger partial charge in [0, 0.05) is 11.5 Å². The van der Waals surface area contributed by atoms with E-state index in [0.717, 1.165) is 16.6 Å². The van der Waals surface area contributed by atoms with Gasteiger partial charge in [-0.2, -0.15) is 0 Å². The summed E-state index contributed by atoms with van der Waals surface area (Å²) in [6.45, 7) is 0.578. The lowest BCUT2D eigenvalue weighted by Gasteiger charge is -2.05. The predicted octanol–water partition coefficient (Wildman–Crippen LogP) is 3.56. The van der Waals surface area contributed by atoms with Crippen LogP contribution in [0, 0.1) is 0 Å². The van der Waals surface area contributed by atoms with E-state index in [-0.39, 0.29) is 0 Å². The van der Waals surface area contributed by atoms with Gasteiger partial charge in [0.25, 0.3) is 0 Å². The van der Waals surface area contributed by atoms with Gasteiger partial charge in [0.2, 0.25) is 0 Å². The zero-order chi connectivity index (χ0) is 11.2. The number of hydrogen-bond donors (Lipinski definition) is 0. The highest BCUT2D eigenvalue weighted by Crippen LogP contribution is 2.12. The van der Waals surface area contributed by atoms with Gasteiger partial charge in [-0.3, -0.25) is 4.98 Å². The largest absolute Gasteiger partial charge is 0.487 e. The van der Waals surface area contributed by atoms with Gasteiger partial charge in [0.05, 0.1) is 6.20 Å². The van der Waals surface area contributed by atoms with E-state index in [1.165, 1.54) is 5.56 Å². The first-order chi connectivity index (χ1) is 7.88. The average Bonchev–Trinajstić information content (AvgIpc) is 2.38. The molecule has 0 bridgehead atoms. The number of alkyl halides is 1. The molecule has 0 atom stereocenters. The van der Waals surface area contributed by atoms with Crippen molar-refractivity contribution >= 4 is 15.9 Å². The molecule has 2 aromatic rings. The minimum atomic E-state index is 0.578. The Hall–Kier alpha value is -1.35. The topological polar surface area (TPSA) is 22.1 Å². The molecule has 0 fully saturated rings. The quantitative estimate of drug-likeness (QED) is 0.798. The Balaban J connectivity index is 1.94. The molecule has 0 unspecified atom stereocenters. The molecular weight excluding hydrogens is 266 g/mol. The van der Waals surface area contributed by atoms with E-state index >= 15 is 0 Å². The Labute approximate surface area is 103 Å². The highest BCUT2D eigenvalue weighted by Gasteiger charge is 1.96. The Kier molecular flexibility index (Phi) is 3.94. The molecule has 0 saturated carbocycles. The van der Waals surface area contributed by atoms with Crippen molar-refractivity contribution in [3.8, 4) is 5.75 Å². The Bertz CT molecular complexity index is 427. The second-order valence-corrected chi connectivity index (χ2v) is 3.99. The Morgan fingerprint density at radius 1 is 1.06 bits per heavy atom. The number of nitrogens with zero attached hydrogens (tertiary/aromatic N) is 1. The third kappa shape index (κ3) is 3.07. The van der Waals surface area contributed by atoms with Crippen molar-refractivity contribution in [2.75, 3.05) is 0 Å². The lowest BCUT2D eigenvalue weighted by molar-refractivity contribution is 0.305. The number of rotatable bonds is 4. The van der Waals surface area contributed by atoms with Gasteiger partial charge >= 0.3 is 0 Å². The molecule has 0 amide bonds. The third-order valence-electron chi connectivity index (χ3n) is 2.22. The van der Waals surface area contributed by atoms with E-state index in [1.807, 2.05) is 12.1 Å². The summed E-state index contributed by atoms with van der Waals surface area (Å²) in [6.07, 6.45) is 3.45. The van der Waals surface area contributed by atoms with Crippen LogP contribution in [-0.4, -0.2) is 4.98 Å². The van der Waals surface area contributed by atoms with Crippen molar-refractivity contribution in [2.24, 2.45) is 0 Å². The normalized spacial score (nSPS) is 10.1. The molecule has 0 spiro atoms. The fourth-order valence-electron chi connectivity index (χ4n) is 1.32. The second kappa shape index (κ2) is 5.66. The maximum absolute atomic E-state index is 5.59. The van der Waals surface area contributed by atoms with Crippen LogP contribution < -0.4 is 4.74 Å². The molecule has 0 radical (unpaired) electrons. The molecule has 0 aliphatic heterocycles. The number of pyridine rings is 1. The van der Waals surface area contributed by atoms with Crippen molar-refractivity contribution < 1.29 is 4.74 Å². The summed E-state index contributed by atoms with van der Waals surface area (Å²) >= 11 is 3.42. The van der Waals surface area contributed by atoms with Gasteiger partial charge < -0.3 is 4.74 Å². The monoisotopic (exact) mass is 277 g/mol. The summed E-state index contributed by atoms with van der Waals surface area (Å²) in [4.78, 5) is 3.99. The van der Waals surface area contributed by atoms with E-state index in [4.69, 9.17) is 4.74 Å². The number of aromatic nitrogens is 1. The van der Waals surface area contributed by atoms with E-state index in [9.17, 15) is 0 Å². The average molecular weight is 278 g/mol. The maximum Gasteiger partial charge on any atom is 0.138 e. The van der Waals surface area contributed by atoms with Crippen molar-refractivity contribution in [1.29, 1.82) is 0 Å². The second-order valence-electron chi connectivity index (χ2n) is 3.43. The van der Waals surface area contributed by atoms with Gasteiger partial charge in [-0.15, -0.1) is 0 Å². The first-order valence-corrected chi connectivity index (χ1v) is 6.17. The molecule has 2 nitrogen and oxygen atoms in total. The van der Waals surface area contributed by atoms with Gasteiger partial charge in [0.1, 0.15) is 12.4 Å². The highest BCUT2D eigenvalue weighted by atomic mass is 79.9. The van der Waals surface area contributed by atoms with Crippen LogP contribution in [0.5, 0.6) is 5.75 Å². The van der Waals surface area contributed by atoms with Crippen molar-refractivity contribution in [3.63, 3.8) is 0 Å². The van der Waals surface area contributed by atoms with Crippen molar-refractivity contribution in [1.82, 2.24) is 4.98 Å². The molecule has 1 heterocycles. The fourth-order valence-corrected chi connectivity index (χ4v) is 1.70. The third-order valence-corrected chi connectivity index (χ3v) is 2.86. The number of hydrogen-bond acceptors (Lipinski definition) is 2. The number of ether oxygens (including phenoxy) is 1. The zero-order valence-electron chi connectivity index (χ0n) is 8.77. The summed E-state index contributed by atoms with van der Waals surface area (Å²) < 4.78 is 5.59. The number of benzene rings is 1. The summed E-state index contributed by atoms with van der Waals surface area (Å²) in [5, 5.41) is 0.886. The van der Waals surface area contributed by atoms with Gasteiger partial charge in [0.15, 0.2) is 0 Å². The minimum Gasteiger partial charge on any atom is -0.487 e. The highest BCUT2D eigenvalue weighted by molar-refractivity contribution is 9.08. The first-order valence-electron chi connectivity index (χ1n) is 5.05. The van der Waals surface area contributed by atoms with Crippen LogP contribution in [0.25, 0.3) is 0 Å². The van der Waals surface area contributed by atoms with Crippen LogP contribution in [0.2, 0.25) is 0 Å². The molecule has 0 N–H and O–H groups in total. The van der Waals surface area contributed by atoms with Gasteiger partial charge in [-0.25, -0.2) is 0 Å². The minimum absolute atomic E-state index is 0.578. The van der Waals surface area contributed by atoms with Crippen LogP contribution in [-0.2, 0) is 11.9 Å². The fraction of sp³-hybridized carbons (Fsp3) is 0.154. The van der Waals surface area contributed by atoms with Gasteiger partial charge in [-0.1, -0.05) is 40.2 Å². The van der Waals surface area contributed by atoms with Crippen LogP contribution in [0.1, 0.15) is 11.1 Å². The molecule has 1 aromatic heterocycles. The molecule has 0 aliphatic rings. The number of halogens is 1. The molecule has 1 aromatic carbocycles. The van der Waals surface area contributed by atoms with E-state index < -0.39 is 0 Å². The van der Waals surface area contributed by atoms with Crippen LogP contribution in [0.4, 0.5) is 0 Å². The van der Waals surface area contributed by atoms with E-state index in [0.29, 0.717) is 6.61 Å². The van der Waals surface area contributed by atoms with Crippen LogP contribution in [0.15, 0.2) is 48.8 Å². The SMILES string of the molecule is BrCc1ccc(COc2cccnc2)cc1. The molecule has 0 saturated heterocycles. The van der Waals surface area contributed by atoms with E-state index in [1.54, 1.807) is 12.4 Å². The Morgan fingerprint density at radius 2 is 1.81 bits per heavy atom. The standard InChI is InChI=1S/C13H12BrNO/c14-8-11-3-5-12(6-4-11)10-16-13-2-1-7-15-9-13/h1-7,9H,8,10H2. The maximum atomic E-state index is 5.59. The molecular formula is C13H12BrNO. The lowest BCUT2D eigenvalue weighted by Crippen LogP contribution is -1.95. The smallest absolute Gasteiger partial charge is 0.138 e. The van der Waals surface area contributed by atoms with Crippen LogP contribution >= 0.6 is 15.9 Å². The molecule has 16 heavy (non-hydrogen) atoms. The summed E-state index contributed by atoms with van der Waals surface area (Å²) in [7, 11) is 0. The summed E-state index contributed by atoms with van der Waals surface area (Å²) in [5.41, 5.74) is 2.43. The molecule has 0 aliphatic carbocycles. The summed E-state index contributed by atoms with van der Waals surface area (Å²) in [6, 6.07) is 12.1. The molecule has 2 rings (SSSR count). The Morgan fingerprint density at radius 3 is 2.44 bits per heavy atom. The summed E-state index contributed by atoms with van der Waals surface area (Å²) in [5.74, 6) is 0.798. The predicted molar refractivity (Wildman–Crippen MR) is 67.6 cm³/mol. The molecule has 82 valence electrons. The van der Waals surface area contributed by atoms with Gasteiger partial charge in [-0.05, 0) is 23.3 Å². The van der Waals surface area contributed by atoms with Crippen molar-refractivity contribution in [2.45, 2.75) is 11.9 Å². The lowest BCUT2D eigenvalue weighted by atomic mass is 10.2. The zero-order valence-corrected chi connectivity index (χ0v) is 10.4. The first kappa shape index (κ1) is 11.1. The van der Waals surface area contributed by atoms with Crippen molar-refractivity contribution in [3.05, 3.63) is 59.9 Å². The van der Waals surface area contributed by atoms with E-state index in [2.05, 4.69) is 45.2 Å².